The van der Waals surface area contributed by atoms with Gasteiger partial charge in [-0.3, -0.25) is 14.4 Å². The lowest BCUT2D eigenvalue weighted by Gasteiger charge is -2.24. The van der Waals surface area contributed by atoms with Crippen molar-refractivity contribution in [1.82, 2.24) is 5.32 Å². The summed E-state index contributed by atoms with van der Waals surface area (Å²) in [5, 5.41) is 14.7. The third-order valence-corrected chi connectivity index (χ3v) is 4.41. The third-order valence-electron chi connectivity index (χ3n) is 4.10. The number of carboxylic acid groups (broad SMARTS) is 1. The van der Waals surface area contributed by atoms with Gasteiger partial charge in [-0.15, -0.1) is 0 Å². The number of aliphatic carboxylic acids is 1. The number of anilines is 1. The lowest BCUT2D eigenvalue weighted by molar-refractivity contribution is -0.139. The molecule has 0 aromatic heterocycles. The maximum absolute atomic E-state index is 12.3. The Morgan fingerprint density at radius 1 is 1.12 bits per heavy atom. The molecule has 0 aliphatic carbocycles. The molecule has 0 bridgehead atoms. The van der Waals surface area contributed by atoms with Crippen molar-refractivity contribution in [3.63, 3.8) is 0 Å². The number of halogens is 1. The molecule has 7 heteroatoms. The number of rotatable bonds is 8. The lowest BCUT2D eigenvalue weighted by atomic mass is 9.85. The summed E-state index contributed by atoms with van der Waals surface area (Å²) in [7, 11) is 0. The maximum Gasteiger partial charge on any atom is 0.303 e. The maximum atomic E-state index is 12.3. The molecule has 2 amide bonds. The number of hydrogen-bond donors (Lipinski definition) is 3. The molecule has 0 saturated carbocycles. The van der Waals surface area contributed by atoms with Gasteiger partial charge in [0.25, 0.3) is 5.91 Å². The fourth-order valence-electron chi connectivity index (χ4n) is 2.35. The van der Waals surface area contributed by atoms with Gasteiger partial charge in [0, 0.05) is 17.6 Å². The van der Waals surface area contributed by atoms with Crippen LogP contribution in [0.25, 0.3) is 0 Å². The molecule has 6 nitrogen and oxygen atoms in total. The second-order valence-electron chi connectivity index (χ2n) is 7.85. The van der Waals surface area contributed by atoms with Crippen molar-refractivity contribution in [3.05, 3.63) is 28.8 Å². The van der Waals surface area contributed by atoms with E-state index in [1.165, 1.54) is 6.07 Å². The Bertz CT molecular complexity index is 699. The van der Waals surface area contributed by atoms with Crippen LogP contribution in [0.15, 0.2) is 18.2 Å². The van der Waals surface area contributed by atoms with E-state index in [1.807, 2.05) is 20.8 Å². The van der Waals surface area contributed by atoms with Crippen molar-refractivity contribution in [2.24, 2.45) is 5.41 Å². The predicted octanol–water partition coefficient (Wildman–Crippen LogP) is 4.09. The Balaban J connectivity index is 2.80. The Kier molecular flexibility index (Phi) is 7.21. The molecule has 0 aliphatic heterocycles. The molecule has 0 fully saturated rings. The van der Waals surface area contributed by atoms with Crippen LogP contribution in [0.5, 0.6) is 0 Å². The monoisotopic (exact) mass is 382 g/mol. The number of hydrogen-bond acceptors (Lipinski definition) is 3. The molecule has 0 saturated heterocycles. The normalized spacial score (nSPS) is 11.8. The van der Waals surface area contributed by atoms with Crippen LogP contribution in [0.1, 0.15) is 64.2 Å². The van der Waals surface area contributed by atoms with Crippen LogP contribution in [0.3, 0.4) is 0 Å². The van der Waals surface area contributed by atoms with Gasteiger partial charge in [0.15, 0.2) is 0 Å². The minimum atomic E-state index is -0.948. The summed E-state index contributed by atoms with van der Waals surface area (Å²) in [6.45, 7) is 9.26. The summed E-state index contributed by atoms with van der Waals surface area (Å²) in [6.07, 6.45) is 0.730. The average molecular weight is 383 g/mol. The van der Waals surface area contributed by atoms with E-state index in [0.717, 1.165) is 6.42 Å². The highest BCUT2D eigenvalue weighted by Crippen LogP contribution is 2.27. The highest BCUT2D eigenvalue weighted by Gasteiger charge is 2.25. The Morgan fingerprint density at radius 3 is 2.23 bits per heavy atom. The van der Waals surface area contributed by atoms with Gasteiger partial charge in [-0.1, -0.05) is 32.4 Å². The first-order valence-corrected chi connectivity index (χ1v) is 8.87. The predicted molar refractivity (Wildman–Crippen MR) is 103 cm³/mol. The van der Waals surface area contributed by atoms with E-state index in [4.69, 9.17) is 16.7 Å². The molecular formula is C19H27ClN2O4. The Hall–Kier alpha value is -2.08. The fraction of sp³-hybridized carbons (Fsp3) is 0.526. The van der Waals surface area contributed by atoms with Crippen molar-refractivity contribution in [1.29, 1.82) is 0 Å². The highest BCUT2D eigenvalue weighted by molar-refractivity contribution is 6.34. The Morgan fingerprint density at radius 2 is 1.73 bits per heavy atom. The van der Waals surface area contributed by atoms with Gasteiger partial charge in [-0.2, -0.15) is 0 Å². The number of nitrogens with one attached hydrogen (secondary N) is 2. The van der Waals surface area contributed by atoms with Crippen molar-refractivity contribution in [3.8, 4) is 0 Å². The number of amides is 2. The molecule has 0 aliphatic rings. The number of benzene rings is 1. The first kappa shape index (κ1) is 22.0. The molecule has 1 aromatic carbocycles. The summed E-state index contributed by atoms with van der Waals surface area (Å²) < 4.78 is 0. The van der Waals surface area contributed by atoms with Crippen LogP contribution in [0.4, 0.5) is 5.69 Å². The van der Waals surface area contributed by atoms with Crippen LogP contribution in [-0.4, -0.2) is 28.4 Å². The summed E-state index contributed by atoms with van der Waals surface area (Å²) in [6, 6.07) is 4.67. The lowest BCUT2D eigenvalue weighted by Crippen LogP contribution is -2.42. The van der Waals surface area contributed by atoms with Gasteiger partial charge in [0.2, 0.25) is 5.91 Å². The molecule has 0 atom stereocenters. The van der Waals surface area contributed by atoms with Crippen LogP contribution in [0.2, 0.25) is 5.02 Å². The largest absolute Gasteiger partial charge is 0.481 e. The molecule has 0 unspecified atom stereocenters. The second kappa shape index (κ2) is 8.54. The molecule has 26 heavy (non-hydrogen) atoms. The third kappa shape index (κ3) is 7.04. The zero-order valence-corrected chi connectivity index (χ0v) is 16.7. The van der Waals surface area contributed by atoms with Crippen molar-refractivity contribution in [2.75, 3.05) is 5.32 Å². The highest BCUT2D eigenvalue weighted by atomic mass is 35.5. The van der Waals surface area contributed by atoms with E-state index in [2.05, 4.69) is 10.6 Å². The molecule has 1 rings (SSSR count). The average Bonchev–Trinajstić information content (AvgIpc) is 2.44. The van der Waals surface area contributed by atoms with Crippen LogP contribution >= 0.6 is 11.6 Å². The summed E-state index contributed by atoms with van der Waals surface area (Å²) in [5.41, 5.74) is -0.219. The van der Waals surface area contributed by atoms with E-state index in [1.54, 1.807) is 26.0 Å². The van der Waals surface area contributed by atoms with Crippen LogP contribution in [-0.2, 0) is 9.59 Å². The zero-order valence-electron chi connectivity index (χ0n) is 15.9. The van der Waals surface area contributed by atoms with Gasteiger partial charge >= 0.3 is 5.97 Å². The number of carboxylic acids is 1. The number of carbonyl (C=O) groups is 3. The van der Waals surface area contributed by atoms with E-state index in [9.17, 15) is 14.4 Å². The van der Waals surface area contributed by atoms with Gasteiger partial charge in [0.1, 0.15) is 0 Å². The van der Waals surface area contributed by atoms with E-state index >= 15 is 0 Å². The first-order chi connectivity index (χ1) is 11.8. The molecule has 1 aromatic rings. The zero-order chi connectivity index (χ0) is 20.1. The second-order valence-corrected chi connectivity index (χ2v) is 8.25. The van der Waals surface area contributed by atoms with Gasteiger partial charge in [-0.05, 0) is 43.9 Å². The smallest absolute Gasteiger partial charge is 0.303 e. The van der Waals surface area contributed by atoms with E-state index in [0.29, 0.717) is 11.3 Å². The molecule has 144 valence electrons. The van der Waals surface area contributed by atoms with Crippen LogP contribution in [0, 0.1) is 5.41 Å². The summed E-state index contributed by atoms with van der Waals surface area (Å²) in [5.74, 6) is -1.53. The van der Waals surface area contributed by atoms with Crippen LogP contribution < -0.4 is 10.6 Å². The fourth-order valence-corrected chi connectivity index (χ4v) is 2.62. The van der Waals surface area contributed by atoms with Gasteiger partial charge < -0.3 is 15.7 Å². The minimum absolute atomic E-state index is 0.0594. The molecule has 3 N–H and O–H groups in total. The minimum Gasteiger partial charge on any atom is -0.481 e. The summed E-state index contributed by atoms with van der Waals surface area (Å²) in [4.78, 5) is 35.3. The van der Waals surface area contributed by atoms with Crippen molar-refractivity contribution in [2.45, 2.75) is 59.4 Å². The molecule has 0 spiro atoms. The van der Waals surface area contributed by atoms with Gasteiger partial charge in [-0.25, -0.2) is 0 Å². The first-order valence-electron chi connectivity index (χ1n) is 8.49. The molecular weight excluding hydrogens is 356 g/mol. The van der Waals surface area contributed by atoms with E-state index in [-0.39, 0.29) is 35.2 Å². The quantitative estimate of drug-likeness (QED) is 0.631. The number of carbonyl (C=O) groups excluding carboxylic acids is 2. The standard InChI is InChI=1S/C19H27ClN2O4/c1-6-19(4,5)22-17(26)13-8-7-12(9-14(13)20)21-15(23)10-18(2,3)11-16(24)25/h7-9H,6,10-11H2,1-5H3,(H,21,23)(H,22,26)(H,24,25). The SMILES string of the molecule is CCC(C)(C)NC(=O)c1ccc(NC(=O)CC(C)(C)CC(=O)O)cc1Cl. The topological polar surface area (TPSA) is 95.5 Å². The van der Waals surface area contributed by atoms with E-state index < -0.39 is 11.4 Å². The van der Waals surface area contributed by atoms with Gasteiger partial charge in [0.05, 0.1) is 17.0 Å². The summed E-state index contributed by atoms with van der Waals surface area (Å²) >= 11 is 6.19. The Labute approximate surface area is 159 Å². The molecule has 0 heterocycles. The van der Waals surface area contributed by atoms with Crippen molar-refractivity contribution < 1.29 is 19.5 Å². The molecule has 0 radical (unpaired) electrons. The van der Waals surface area contributed by atoms with Crippen molar-refractivity contribution >= 4 is 35.1 Å².